The lowest BCUT2D eigenvalue weighted by molar-refractivity contribution is -0.140. The second kappa shape index (κ2) is 6.79. The minimum absolute atomic E-state index is 0.149. The number of hydrogen-bond acceptors (Lipinski definition) is 4. The molecule has 1 heterocycles. The summed E-state index contributed by atoms with van der Waals surface area (Å²) in [6.45, 7) is 3.46. The number of carbonyl (C=O) groups is 1. The minimum Gasteiger partial charge on any atom is -0.469 e. The molecule has 0 aromatic carbocycles. The topological polar surface area (TPSA) is 47.6 Å². The SMILES string of the molecule is COC(=O)CCNCC1CCOCC1. The number of methoxy groups -OCH3 is 1. The van der Waals surface area contributed by atoms with Gasteiger partial charge in [0, 0.05) is 19.8 Å². The van der Waals surface area contributed by atoms with E-state index in [1.54, 1.807) is 0 Å². The van der Waals surface area contributed by atoms with Crippen molar-refractivity contribution >= 4 is 5.97 Å². The van der Waals surface area contributed by atoms with Crippen LogP contribution in [0.5, 0.6) is 0 Å². The third-order valence-corrected chi connectivity index (χ3v) is 2.51. The molecule has 0 spiro atoms. The van der Waals surface area contributed by atoms with Crippen molar-refractivity contribution in [3.63, 3.8) is 0 Å². The zero-order valence-electron chi connectivity index (χ0n) is 8.75. The summed E-state index contributed by atoms with van der Waals surface area (Å²) in [5.41, 5.74) is 0. The fraction of sp³-hybridized carbons (Fsp3) is 0.900. The van der Waals surface area contributed by atoms with Crippen molar-refractivity contribution in [2.24, 2.45) is 5.92 Å². The van der Waals surface area contributed by atoms with Gasteiger partial charge in [-0.05, 0) is 25.3 Å². The monoisotopic (exact) mass is 201 g/mol. The summed E-state index contributed by atoms with van der Waals surface area (Å²) in [4.78, 5) is 10.8. The zero-order chi connectivity index (χ0) is 10.2. The third kappa shape index (κ3) is 4.58. The molecular formula is C10H19NO3. The van der Waals surface area contributed by atoms with E-state index in [0.29, 0.717) is 18.9 Å². The Hall–Kier alpha value is -0.610. The fourth-order valence-electron chi connectivity index (χ4n) is 1.55. The van der Waals surface area contributed by atoms with Gasteiger partial charge in [-0.3, -0.25) is 4.79 Å². The van der Waals surface area contributed by atoms with Gasteiger partial charge in [0.2, 0.25) is 0 Å². The van der Waals surface area contributed by atoms with E-state index in [4.69, 9.17) is 4.74 Å². The molecule has 1 saturated heterocycles. The smallest absolute Gasteiger partial charge is 0.306 e. The predicted molar refractivity (Wildman–Crippen MR) is 53.0 cm³/mol. The van der Waals surface area contributed by atoms with E-state index in [0.717, 1.165) is 32.6 Å². The second-order valence-electron chi connectivity index (χ2n) is 3.59. The van der Waals surface area contributed by atoms with Crippen LogP contribution in [0.2, 0.25) is 0 Å². The van der Waals surface area contributed by atoms with Crippen molar-refractivity contribution in [1.82, 2.24) is 5.32 Å². The van der Waals surface area contributed by atoms with Crippen molar-refractivity contribution in [3.05, 3.63) is 0 Å². The normalized spacial score (nSPS) is 18.1. The van der Waals surface area contributed by atoms with Crippen LogP contribution in [0.3, 0.4) is 0 Å². The Morgan fingerprint density at radius 1 is 1.50 bits per heavy atom. The summed E-state index contributed by atoms with van der Waals surface area (Å²) in [5.74, 6) is 0.561. The molecule has 1 N–H and O–H groups in total. The van der Waals surface area contributed by atoms with E-state index in [-0.39, 0.29) is 5.97 Å². The fourth-order valence-corrected chi connectivity index (χ4v) is 1.55. The summed E-state index contributed by atoms with van der Waals surface area (Å²) in [6.07, 6.45) is 2.72. The molecule has 0 saturated carbocycles. The maximum absolute atomic E-state index is 10.8. The third-order valence-electron chi connectivity index (χ3n) is 2.51. The highest BCUT2D eigenvalue weighted by Crippen LogP contribution is 2.12. The lowest BCUT2D eigenvalue weighted by atomic mass is 10.0. The molecule has 4 heteroatoms. The van der Waals surface area contributed by atoms with Crippen LogP contribution in [0.4, 0.5) is 0 Å². The van der Waals surface area contributed by atoms with E-state index >= 15 is 0 Å². The Bertz CT molecular complexity index is 167. The molecule has 4 nitrogen and oxygen atoms in total. The standard InChI is InChI=1S/C10H19NO3/c1-13-10(12)2-5-11-8-9-3-6-14-7-4-9/h9,11H,2-8H2,1H3. The summed E-state index contributed by atoms with van der Waals surface area (Å²) in [6, 6.07) is 0. The molecule has 0 unspecified atom stereocenters. The molecule has 0 aliphatic carbocycles. The van der Waals surface area contributed by atoms with Crippen LogP contribution in [-0.2, 0) is 14.3 Å². The predicted octanol–water partition coefficient (Wildman–Crippen LogP) is 0.566. The number of esters is 1. The summed E-state index contributed by atoms with van der Waals surface area (Å²) in [7, 11) is 1.42. The lowest BCUT2D eigenvalue weighted by Crippen LogP contribution is -2.29. The molecule has 1 rings (SSSR count). The van der Waals surface area contributed by atoms with Gasteiger partial charge >= 0.3 is 5.97 Å². The first kappa shape index (κ1) is 11.5. The van der Waals surface area contributed by atoms with Gasteiger partial charge in [0.15, 0.2) is 0 Å². The van der Waals surface area contributed by atoms with Gasteiger partial charge < -0.3 is 14.8 Å². The van der Waals surface area contributed by atoms with Gasteiger partial charge in [0.05, 0.1) is 13.5 Å². The Labute approximate surface area is 85.0 Å². The number of rotatable bonds is 5. The number of hydrogen-bond donors (Lipinski definition) is 1. The van der Waals surface area contributed by atoms with Crippen LogP contribution >= 0.6 is 0 Å². The molecule has 14 heavy (non-hydrogen) atoms. The summed E-state index contributed by atoms with van der Waals surface area (Å²) >= 11 is 0. The number of ether oxygens (including phenoxy) is 2. The van der Waals surface area contributed by atoms with E-state index < -0.39 is 0 Å². The largest absolute Gasteiger partial charge is 0.469 e. The van der Waals surface area contributed by atoms with Crippen molar-refractivity contribution < 1.29 is 14.3 Å². The van der Waals surface area contributed by atoms with Gasteiger partial charge in [0.1, 0.15) is 0 Å². The van der Waals surface area contributed by atoms with Gasteiger partial charge in [0.25, 0.3) is 0 Å². The summed E-state index contributed by atoms with van der Waals surface area (Å²) < 4.78 is 9.80. The molecule has 0 atom stereocenters. The molecule has 82 valence electrons. The molecule has 0 radical (unpaired) electrons. The first-order valence-electron chi connectivity index (χ1n) is 5.18. The Balaban J connectivity index is 1.94. The van der Waals surface area contributed by atoms with E-state index in [2.05, 4.69) is 10.1 Å². The minimum atomic E-state index is -0.149. The maximum Gasteiger partial charge on any atom is 0.306 e. The molecule has 0 aromatic rings. The van der Waals surface area contributed by atoms with Gasteiger partial charge in [-0.15, -0.1) is 0 Å². The first-order valence-corrected chi connectivity index (χ1v) is 5.18. The molecule has 0 amide bonds. The van der Waals surface area contributed by atoms with Crippen LogP contribution in [0, 0.1) is 5.92 Å². The molecule has 1 fully saturated rings. The second-order valence-corrected chi connectivity index (χ2v) is 3.59. The lowest BCUT2D eigenvalue weighted by Gasteiger charge is -2.22. The highest BCUT2D eigenvalue weighted by molar-refractivity contribution is 5.69. The van der Waals surface area contributed by atoms with E-state index in [9.17, 15) is 4.79 Å². The van der Waals surface area contributed by atoms with Crippen LogP contribution in [0.1, 0.15) is 19.3 Å². The molecular weight excluding hydrogens is 182 g/mol. The van der Waals surface area contributed by atoms with Crippen LogP contribution in [0.25, 0.3) is 0 Å². The zero-order valence-corrected chi connectivity index (χ0v) is 8.75. The average molecular weight is 201 g/mol. The Kier molecular flexibility index (Phi) is 5.56. The molecule has 1 aliphatic rings. The van der Waals surface area contributed by atoms with Gasteiger partial charge in [-0.1, -0.05) is 0 Å². The van der Waals surface area contributed by atoms with Crippen molar-refractivity contribution in [2.45, 2.75) is 19.3 Å². The first-order chi connectivity index (χ1) is 6.83. The van der Waals surface area contributed by atoms with E-state index in [1.165, 1.54) is 7.11 Å². The van der Waals surface area contributed by atoms with Crippen molar-refractivity contribution in [3.8, 4) is 0 Å². The number of carbonyl (C=O) groups excluding carboxylic acids is 1. The van der Waals surface area contributed by atoms with Gasteiger partial charge in [-0.25, -0.2) is 0 Å². The number of nitrogens with one attached hydrogen (secondary N) is 1. The highest BCUT2D eigenvalue weighted by atomic mass is 16.5. The molecule has 0 aromatic heterocycles. The molecule has 0 bridgehead atoms. The molecule has 1 aliphatic heterocycles. The Morgan fingerprint density at radius 3 is 2.86 bits per heavy atom. The van der Waals surface area contributed by atoms with Crippen molar-refractivity contribution in [2.75, 3.05) is 33.4 Å². The highest BCUT2D eigenvalue weighted by Gasteiger charge is 2.12. The van der Waals surface area contributed by atoms with Crippen LogP contribution in [-0.4, -0.2) is 39.4 Å². The van der Waals surface area contributed by atoms with E-state index in [1.807, 2.05) is 0 Å². The van der Waals surface area contributed by atoms with Crippen molar-refractivity contribution in [1.29, 1.82) is 0 Å². The average Bonchev–Trinajstić information content (AvgIpc) is 2.25. The maximum atomic E-state index is 10.8. The summed E-state index contributed by atoms with van der Waals surface area (Å²) in [5, 5.41) is 3.26. The van der Waals surface area contributed by atoms with Crippen LogP contribution in [0.15, 0.2) is 0 Å². The van der Waals surface area contributed by atoms with Crippen LogP contribution < -0.4 is 5.32 Å². The quantitative estimate of drug-likeness (QED) is 0.521. The van der Waals surface area contributed by atoms with Gasteiger partial charge in [-0.2, -0.15) is 0 Å². The Morgan fingerprint density at radius 2 is 2.21 bits per heavy atom.